The zero-order chi connectivity index (χ0) is 23.1. The third-order valence-electron chi connectivity index (χ3n) is 7.51. The molecule has 0 bridgehead atoms. The van der Waals surface area contributed by atoms with E-state index in [0.29, 0.717) is 12.6 Å². The van der Waals surface area contributed by atoms with Crippen molar-refractivity contribution in [3.8, 4) is 11.8 Å². The van der Waals surface area contributed by atoms with Crippen molar-refractivity contribution >= 4 is 5.69 Å². The minimum Gasteiger partial charge on any atom is -0.489 e. The van der Waals surface area contributed by atoms with E-state index in [-0.39, 0.29) is 6.04 Å². The summed E-state index contributed by atoms with van der Waals surface area (Å²) in [6, 6.07) is 22.4. The molecule has 0 amide bonds. The first kappa shape index (κ1) is 21.2. The van der Waals surface area contributed by atoms with Crippen LogP contribution in [0.25, 0.3) is 0 Å². The molecule has 3 aliphatic rings. The van der Waals surface area contributed by atoms with Crippen molar-refractivity contribution in [2.75, 3.05) is 18.0 Å². The molecule has 0 radical (unpaired) electrons. The van der Waals surface area contributed by atoms with Crippen LogP contribution in [0.3, 0.4) is 0 Å². The van der Waals surface area contributed by atoms with Crippen molar-refractivity contribution in [2.24, 2.45) is 0 Å². The van der Waals surface area contributed by atoms with E-state index in [1.807, 2.05) is 12.1 Å². The summed E-state index contributed by atoms with van der Waals surface area (Å²) >= 11 is 0. The monoisotopic (exact) mass is 450 g/mol. The lowest BCUT2D eigenvalue weighted by atomic mass is 9.93. The van der Waals surface area contributed by atoms with Crippen LogP contribution < -0.4 is 20.3 Å². The first-order chi connectivity index (χ1) is 16.7. The summed E-state index contributed by atoms with van der Waals surface area (Å²) in [5.74, 6) is 0.937. The molecule has 2 atom stereocenters. The Balaban J connectivity index is 1.25. The van der Waals surface area contributed by atoms with Crippen molar-refractivity contribution in [3.05, 3.63) is 93.5 Å². The molecule has 2 N–H and O–H groups in total. The van der Waals surface area contributed by atoms with Crippen molar-refractivity contribution in [2.45, 2.75) is 51.5 Å². The molecule has 5 heteroatoms. The summed E-state index contributed by atoms with van der Waals surface area (Å²) in [5, 5.41) is 16.3. The van der Waals surface area contributed by atoms with E-state index in [1.54, 1.807) is 0 Å². The van der Waals surface area contributed by atoms with Gasteiger partial charge in [-0.3, -0.25) is 0 Å². The fraction of sp³-hybridized carbons (Fsp3) is 0.345. The minimum atomic E-state index is 0.261. The van der Waals surface area contributed by atoms with Gasteiger partial charge in [0.05, 0.1) is 17.7 Å². The highest BCUT2D eigenvalue weighted by Crippen LogP contribution is 2.41. The molecule has 0 aromatic heterocycles. The summed E-state index contributed by atoms with van der Waals surface area (Å²) in [4.78, 5) is 2.57. The third-order valence-corrected chi connectivity index (χ3v) is 7.51. The number of hydrogen-bond donors (Lipinski definition) is 2. The fourth-order valence-electron chi connectivity index (χ4n) is 5.81. The Morgan fingerprint density at radius 3 is 2.76 bits per heavy atom. The van der Waals surface area contributed by atoms with Gasteiger partial charge in [0, 0.05) is 31.4 Å². The Kier molecular flexibility index (Phi) is 5.49. The van der Waals surface area contributed by atoms with Crippen LogP contribution in [0.5, 0.6) is 5.75 Å². The van der Waals surface area contributed by atoms with Gasteiger partial charge in [0.25, 0.3) is 0 Å². The van der Waals surface area contributed by atoms with Crippen molar-refractivity contribution in [1.82, 2.24) is 10.6 Å². The van der Waals surface area contributed by atoms with Crippen molar-refractivity contribution in [3.63, 3.8) is 0 Å². The average molecular weight is 451 g/mol. The largest absolute Gasteiger partial charge is 0.489 e. The number of rotatable bonds is 4. The molecule has 0 fully saturated rings. The molecule has 34 heavy (non-hydrogen) atoms. The molecule has 0 saturated carbocycles. The van der Waals surface area contributed by atoms with Gasteiger partial charge < -0.3 is 20.3 Å². The lowest BCUT2D eigenvalue weighted by Gasteiger charge is -2.38. The van der Waals surface area contributed by atoms with Gasteiger partial charge >= 0.3 is 0 Å². The Bertz CT molecular complexity index is 1280. The zero-order valence-corrected chi connectivity index (χ0v) is 19.6. The lowest BCUT2D eigenvalue weighted by Crippen LogP contribution is -2.42. The van der Waals surface area contributed by atoms with Gasteiger partial charge in [-0.05, 0) is 90.0 Å². The third kappa shape index (κ3) is 3.83. The van der Waals surface area contributed by atoms with Crippen LogP contribution in [0.2, 0.25) is 0 Å². The number of anilines is 1. The molecule has 0 spiro atoms. The highest BCUT2D eigenvalue weighted by molar-refractivity contribution is 5.63. The Hall–Kier alpha value is -3.33. The first-order valence-corrected chi connectivity index (χ1v) is 12.3. The predicted molar refractivity (Wildman–Crippen MR) is 134 cm³/mol. The highest BCUT2D eigenvalue weighted by atomic mass is 16.5. The van der Waals surface area contributed by atoms with Gasteiger partial charge in [-0.25, -0.2) is 0 Å². The van der Waals surface area contributed by atoms with E-state index in [4.69, 9.17) is 4.74 Å². The zero-order valence-electron chi connectivity index (χ0n) is 19.6. The molecule has 172 valence electrons. The van der Waals surface area contributed by atoms with Crippen molar-refractivity contribution < 1.29 is 4.74 Å². The van der Waals surface area contributed by atoms with Crippen LogP contribution in [0.15, 0.2) is 54.6 Å². The van der Waals surface area contributed by atoms with Gasteiger partial charge in [-0.15, -0.1) is 0 Å². The van der Waals surface area contributed by atoms with Crippen LogP contribution >= 0.6 is 0 Å². The quantitative estimate of drug-likeness (QED) is 0.618. The number of hydrogen-bond acceptors (Lipinski definition) is 5. The topological polar surface area (TPSA) is 60.3 Å². The van der Waals surface area contributed by atoms with Gasteiger partial charge in [0.15, 0.2) is 0 Å². The van der Waals surface area contributed by atoms with Gasteiger partial charge in [0.1, 0.15) is 12.4 Å². The van der Waals surface area contributed by atoms with Crippen LogP contribution in [0.4, 0.5) is 5.69 Å². The normalized spacial score (nSPS) is 20.8. The number of ether oxygens (including phenoxy) is 1. The SMILES string of the molecule is CC1Cc2ccc(COc3ccc4c(c3)CNCC4)cc2N1C1CNCc2cc(C#N)ccc21. The molecule has 3 aromatic rings. The second-order valence-corrected chi connectivity index (χ2v) is 9.74. The van der Waals surface area contributed by atoms with Gasteiger partial charge in [-0.2, -0.15) is 5.26 Å². The fourth-order valence-corrected chi connectivity index (χ4v) is 5.81. The summed E-state index contributed by atoms with van der Waals surface area (Å²) in [5.41, 5.74) is 9.98. The Labute approximate surface area is 201 Å². The van der Waals surface area contributed by atoms with Gasteiger partial charge in [-0.1, -0.05) is 24.3 Å². The number of benzene rings is 3. The van der Waals surface area contributed by atoms with E-state index in [2.05, 4.69) is 71.0 Å². The van der Waals surface area contributed by atoms with E-state index < -0.39 is 0 Å². The van der Waals surface area contributed by atoms with E-state index in [1.165, 1.54) is 39.1 Å². The number of nitrogens with zero attached hydrogens (tertiary/aromatic N) is 2. The molecular weight excluding hydrogens is 420 g/mol. The maximum absolute atomic E-state index is 9.31. The summed E-state index contributed by atoms with van der Waals surface area (Å²) in [7, 11) is 0. The molecular formula is C29H30N4O. The molecule has 3 heterocycles. The molecule has 3 aliphatic heterocycles. The summed E-state index contributed by atoms with van der Waals surface area (Å²) < 4.78 is 6.22. The standard InChI is InChI=1S/C29H30N4O/c1-19-10-23-4-2-21(18-34-26-6-5-22-8-9-31-15-24(22)13-26)12-28(23)33(19)29-17-32-16-25-11-20(14-30)3-7-27(25)29/h2-7,11-13,19,29,31-32H,8-10,15-18H2,1H3. The molecule has 0 saturated heterocycles. The number of fused-ring (bicyclic) bond motifs is 3. The van der Waals surface area contributed by atoms with Crippen LogP contribution in [-0.4, -0.2) is 19.1 Å². The second-order valence-electron chi connectivity index (χ2n) is 9.74. The first-order valence-electron chi connectivity index (χ1n) is 12.3. The molecule has 6 rings (SSSR count). The van der Waals surface area contributed by atoms with Crippen LogP contribution in [-0.2, 0) is 32.5 Å². The highest BCUT2D eigenvalue weighted by Gasteiger charge is 2.35. The Morgan fingerprint density at radius 1 is 0.971 bits per heavy atom. The summed E-state index contributed by atoms with van der Waals surface area (Å²) in [6.45, 7) is 6.58. The number of nitrogens with one attached hydrogen (secondary N) is 2. The lowest BCUT2D eigenvalue weighted by molar-refractivity contribution is 0.305. The second kappa shape index (κ2) is 8.79. The van der Waals surface area contributed by atoms with E-state index in [9.17, 15) is 5.26 Å². The maximum Gasteiger partial charge on any atom is 0.120 e. The van der Waals surface area contributed by atoms with Gasteiger partial charge in [0.2, 0.25) is 0 Å². The number of nitriles is 1. The molecule has 0 aliphatic carbocycles. The predicted octanol–water partition coefficient (Wildman–Crippen LogP) is 4.38. The maximum atomic E-state index is 9.31. The smallest absolute Gasteiger partial charge is 0.120 e. The van der Waals surface area contributed by atoms with E-state index >= 15 is 0 Å². The minimum absolute atomic E-state index is 0.261. The molecule has 2 unspecified atom stereocenters. The molecule has 5 nitrogen and oxygen atoms in total. The van der Waals surface area contributed by atoms with Crippen LogP contribution in [0.1, 0.15) is 51.9 Å². The van der Waals surface area contributed by atoms with E-state index in [0.717, 1.165) is 50.3 Å². The van der Waals surface area contributed by atoms with Crippen LogP contribution in [0, 0.1) is 11.3 Å². The van der Waals surface area contributed by atoms with Crippen molar-refractivity contribution in [1.29, 1.82) is 5.26 Å². The molecule has 3 aromatic carbocycles. The summed E-state index contributed by atoms with van der Waals surface area (Å²) in [6.07, 6.45) is 2.14. The Morgan fingerprint density at radius 2 is 1.85 bits per heavy atom. The average Bonchev–Trinajstić information content (AvgIpc) is 3.21.